The maximum atomic E-state index is 11.9. The Morgan fingerprint density at radius 3 is 2.21 bits per heavy atom. The highest BCUT2D eigenvalue weighted by Gasteiger charge is 2.16. The first kappa shape index (κ1) is 15.5. The SMILES string of the molecule is CCC(C)NC(=O)C(C)Oc1ccc(C(C)C)cc1. The van der Waals surface area contributed by atoms with Crippen molar-refractivity contribution in [2.75, 3.05) is 0 Å². The zero-order valence-electron chi connectivity index (χ0n) is 12.6. The number of carbonyl (C=O) groups is 1. The van der Waals surface area contributed by atoms with Crippen molar-refractivity contribution in [1.82, 2.24) is 5.32 Å². The summed E-state index contributed by atoms with van der Waals surface area (Å²) < 4.78 is 5.64. The second-order valence-corrected chi connectivity index (χ2v) is 5.30. The van der Waals surface area contributed by atoms with Gasteiger partial charge in [0.1, 0.15) is 5.75 Å². The molecule has 0 radical (unpaired) electrons. The van der Waals surface area contributed by atoms with E-state index >= 15 is 0 Å². The molecule has 0 bridgehead atoms. The molecular formula is C16H25NO2. The number of hydrogen-bond acceptors (Lipinski definition) is 2. The predicted octanol–water partition coefficient (Wildman–Crippen LogP) is 3.49. The summed E-state index contributed by atoms with van der Waals surface area (Å²) in [5.74, 6) is 1.17. The fourth-order valence-electron chi connectivity index (χ4n) is 1.65. The summed E-state index contributed by atoms with van der Waals surface area (Å²) in [6.45, 7) is 10.1. The van der Waals surface area contributed by atoms with Gasteiger partial charge in [0.25, 0.3) is 5.91 Å². The first-order valence-corrected chi connectivity index (χ1v) is 7.01. The monoisotopic (exact) mass is 263 g/mol. The highest BCUT2D eigenvalue weighted by Crippen LogP contribution is 2.19. The van der Waals surface area contributed by atoms with E-state index in [0.29, 0.717) is 5.92 Å². The van der Waals surface area contributed by atoms with E-state index in [-0.39, 0.29) is 11.9 Å². The van der Waals surface area contributed by atoms with Gasteiger partial charge >= 0.3 is 0 Å². The molecule has 0 saturated heterocycles. The first-order valence-electron chi connectivity index (χ1n) is 7.01. The van der Waals surface area contributed by atoms with Crippen LogP contribution >= 0.6 is 0 Å². The number of ether oxygens (including phenoxy) is 1. The Balaban J connectivity index is 2.56. The lowest BCUT2D eigenvalue weighted by Gasteiger charge is -2.18. The standard InChI is InChI=1S/C16H25NO2/c1-6-12(4)17-16(18)13(5)19-15-9-7-14(8-10-15)11(2)3/h7-13H,6H2,1-5H3,(H,17,18). The van der Waals surface area contributed by atoms with E-state index < -0.39 is 6.10 Å². The van der Waals surface area contributed by atoms with Crippen LogP contribution in [0.1, 0.15) is 52.5 Å². The van der Waals surface area contributed by atoms with E-state index in [1.165, 1.54) is 5.56 Å². The van der Waals surface area contributed by atoms with Crippen LogP contribution in [0.5, 0.6) is 5.75 Å². The van der Waals surface area contributed by atoms with Crippen molar-refractivity contribution >= 4 is 5.91 Å². The molecular weight excluding hydrogens is 238 g/mol. The molecule has 0 saturated carbocycles. The molecule has 0 aliphatic carbocycles. The van der Waals surface area contributed by atoms with Crippen LogP contribution in [0.25, 0.3) is 0 Å². The lowest BCUT2D eigenvalue weighted by Crippen LogP contribution is -2.40. The Labute approximate surface area is 116 Å². The molecule has 0 aromatic heterocycles. The van der Waals surface area contributed by atoms with Crippen LogP contribution in [-0.2, 0) is 4.79 Å². The van der Waals surface area contributed by atoms with Crippen LogP contribution in [-0.4, -0.2) is 18.1 Å². The van der Waals surface area contributed by atoms with Gasteiger partial charge in [0.15, 0.2) is 6.10 Å². The molecule has 0 heterocycles. The summed E-state index contributed by atoms with van der Waals surface area (Å²) >= 11 is 0. The van der Waals surface area contributed by atoms with Crippen LogP contribution in [0, 0.1) is 0 Å². The Morgan fingerprint density at radius 1 is 1.16 bits per heavy atom. The second kappa shape index (κ2) is 7.17. The van der Waals surface area contributed by atoms with Crippen molar-refractivity contribution in [3.05, 3.63) is 29.8 Å². The minimum Gasteiger partial charge on any atom is -0.481 e. The van der Waals surface area contributed by atoms with Crippen LogP contribution in [0.15, 0.2) is 24.3 Å². The topological polar surface area (TPSA) is 38.3 Å². The van der Waals surface area contributed by atoms with Gasteiger partial charge in [0, 0.05) is 6.04 Å². The lowest BCUT2D eigenvalue weighted by atomic mass is 10.0. The third-order valence-corrected chi connectivity index (χ3v) is 3.23. The number of nitrogens with one attached hydrogen (secondary N) is 1. The molecule has 1 rings (SSSR count). The van der Waals surface area contributed by atoms with E-state index in [1.807, 2.05) is 38.1 Å². The molecule has 3 nitrogen and oxygen atoms in total. The zero-order chi connectivity index (χ0) is 14.4. The second-order valence-electron chi connectivity index (χ2n) is 5.30. The molecule has 1 aromatic carbocycles. The summed E-state index contributed by atoms with van der Waals surface area (Å²) in [7, 11) is 0. The van der Waals surface area contributed by atoms with Gasteiger partial charge < -0.3 is 10.1 Å². The molecule has 19 heavy (non-hydrogen) atoms. The van der Waals surface area contributed by atoms with E-state index in [9.17, 15) is 4.79 Å². The molecule has 2 atom stereocenters. The van der Waals surface area contributed by atoms with Crippen LogP contribution in [0.4, 0.5) is 0 Å². The van der Waals surface area contributed by atoms with Gasteiger partial charge in [-0.25, -0.2) is 0 Å². The van der Waals surface area contributed by atoms with Crippen molar-refractivity contribution in [2.45, 2.75) is 59.1 Å². The van der Waals surface area contributed by atoms with E-state index in [4.69, 9.17) is 4.74 Å². The highest BCUT2D eigenvalue weighted by atomic mass is 16.5. The number of amides is 1. The molecule has 1 aromatic rings. The molecule has 2 unspecified atom stereocenters. The lowest BCUT2D eigenvalue weighted by molar-refractivity contribution is -0.127. The van der Waals surface area contributed by atoms with E-state index in [2.05, 4.69) is 19.2 Å². The molecule has 1 amide bonds. The van der Waals surface area contributed by atoms with Crippen molar-refractivity contribution in [3.8, 4) is 5.75 Å². The summed E-state index contributed by atoms with van der Waals surface area (Å²) in [6.07, 6.45) is 0.445. The maximum absolute atomic E-state index is 11.9. The largest absolute Gasteiger partial charge is 0.481 e. The maximum Gasteiger partial charge on any atom is 0.260 e. The third kappa shape index (κ3) is 4.93. The van der Waals surface area contributed by atoms with Crippen molar-refractivity contribution in [2.24, 2.45) is 0 Å². The zero-order valence-corrected chi connectivity index (χ0v) is 12.6. The summed E-state index contributed by atoms with van der Waals surface area (Å²) in [4.78, 5) is 11.9. The average Bonchev–Trinajstić information content (AvgIpc) is 2.38. The third-order valence-electron chi connectivity index (χ3n) is 3.23. The Kier molecular flexibility index (Phi) is 5.87. The summed E-state index contributed by atoms with van der Waals surface area (Å²) in [6, 6.07) is 8.10. The molecule has 0 spiro atoms. The average molecular weight is 263 g/mol. The van der Waals surface area contributed by atoms with Crippen LogP contribution in [0.2, 0.25) is 0 Å². The Morgan fingerprint density at radius 2 is 1.74 bits per heavy atom. The van der Waals surface area contributed by atoms with Crippen LogP contribution < -0.4 is 10.1 Å². The van der Waals surface area contributed by atoms with E-state index in [1.54, 1.807) is 6.92 Å². The fraction of sp³-hybridized carbons (Fsp3) is 0.562. The summed E-state index contributed by atoms with van der Waals surface area (Å²) in [5, 5.41) is 2.92. The normalized spacial score (nSPS) is 14.0. The highest BCUT2D eigenvalue weighted by molar-refractivity contribution is 5.80. The van der Waals surface area contributed by atoms with Gasteiger partial charge in [-0.2, -0.15) is 0 Å². The van der Waals surface area contributed by atoms with Crippen molar-refractivity contribution < 1.29 is 9.53 Å². The first-order chi connectivity index (χ1) is 8.93. The Hall–Kier alpha value is -1.51. The molecule has 0 fully saturated rings. The van der Waals surface area contributed by atoms with Gasteiger partial charge in [-0.05, 0) is 43.9 Å². The number of rotatable bonds is 6. The quantitative estimate of drug-likeness (QED) is 0.853. The molecule has 1 N–H and O–H groups in total. The van der Waals surface area contributed by atoms with Crippen LogP contribution in [0.3, 0.4) is 0 Å². The van der Waals surface area contributed by atoms with E-state index in [0.717, 1.165) is 12.2 Å². The number of benzene rings is 1. The fourth-order valence-corrected chi connectivity index (χ4v) is 1.65. The van der Waals surface area contributed by atoms with Gasteiger partial charge in [-0.15, -0.1) is 0 Å². The summed E-state index contributed by atoms with van der Waals surface area (Å²) in [5.41, 5.74) is 1.27. The number of carbonyl (C=O) groups excluding carboxylic acids is 1. The minimum absolute atomic E-state index is 0.0673. The van der Waals surface area contributed by atoms with Gasteiger partial charge in [0.2, 0.25) is 0 Å². The molecule has 3 heteroatoms. The molecule has 106 valence electrons. The minimum atomic E-state index is -0.473. The van der Waals surface area contributed by atoms with Gasteiger partial charge in [-0.3, -0.25) is 4.79 Å². The number of hydrogen-bond donors (Lipinski definition) is 1. The predicted molar refractivity (Wildman–Crippen MR) is 78.5 cm³/mol. The van der Waals surface area contributed by atoms with Crippen molar-refractivity contribution in [3.63, 3.8) is 0 Å². The molecule has 0 aliphatic heterocycles. The Bertz CT molecular complexity index is 398. The molecule has 0 aliphatic rings. The van der Waals surface area contributed by atoms with Gasteiger partial charge in [-0.1, -0.05) is 32.9 Å². The van der Waals surface area contributed by atoms with Crippen molar-refractivity contribution in [1.29, 1.82) is 0 Å². The van der Waals surface area contributed by atoms with Gasteiger partial charge in [0.05, 0.1) is 0 Å². The smallest absolute Gasteiger partial charge is 0.260 e.